The molecule has 28 heavy (non-hydrogen) atoms. The van der Waals surface area contributed by atoms with Crippen LogP contribution in [0, 0.1) is 6.92 Å². The molecule has 6 nitrogen and oxygen atoms in total. The molecule has 6 heteroatoms. The zero-order valence-electron chi connectivity index (χ0n) is 16.3. The lowest BCUT2D eigenvalue weighted by atomic mass is 10.1. The van der Waals surface area contributed by atoms with E-state index in [1.165, 1.54) is 12.0 Å². The Morgan fingerprint density at radius 1 is 1.11 bits per heavy atom. The zero-order chi connectivity index (χ0) is 19.9. The third-order valence-electron chi connectivity index (χ3n) is 4.53. The maximum Gasteiger partial charge on any atom is 0.273 e. The summed E-state index contributed by atoms with van der Waals surface area (Å²) in [5.41, 5.74) is 3.24. The molecule has 1 aromatic heterocycles. The summed E-state index contributed by atoms with van der Waals surface area (Å²) >= 11 is 0. The van der Waals surface area contributed by atoms with E-state index >= 15 is 0 Å². The lowest BCUT2D eigenvalue weighted by Crippen LogP contribution is -2.25. The summed E-state index contributed by atoms with van der Waals surface area (Å²) < 4.78 is 15.9. The number of aromatic nitrogens is 1. The number of carbonyl (C=O) groups is 1. The van der Waals surface area contributed by atoms with E-state index in [1.807, 2.05) is 49.4 Å². The summed E-state index contributed by atoms with van der Waals surface area (Å²) in [6, 6.07) is 13.6. The third kappa shape index (κ3) is 4.52. The minimum Gasteiger partial charge on any atom is -0.497 e. The number of carbonyl (C=O) groups excluding carboxylic acids is 1. The molecule has 0 saturated heterocycles. The standard InChI is InChI=1S/C22H24N2O4/c1-15-13-17(8-11-19(15)27-3)21-20(24-14-28-21)22(25)23-12-4-5-16-6-9-18(26-2)10-7-16/h6-11,13-14H,4-5,12H2,1-3H3,(H,23,25). The Hall–Kier alpha value is -3.28. The SMILES string of the molecule is COc1ccc(CCCNC(=O)c2ncoc2-c2ccc(OC)c(C)c2)cc1. The van der Waals surface area contributed by atoms with Crippen molar-refractivity contribution in [3.63, 3.8) is 0 Å². The largest absolute Gasteiger partial charge is 0.497 e. The molecule has 0 atom stereocenters. The van der Waals surface area contributed by atoms with E-state index in [9.17, 15) is 4.79 Å². The number of oxazole rings is 1. The maximum absolute atomic E-state index is 12.5. The van der Waals surface area contributed by atoms with E-state index in [2.05, 4.69) is 10.3 Å². The molecular weight excluding hydrogens is 356 g/mol. The summed E-state index contributed by atoms with van der Waals surface area (Å²) in [6.07, 6.45) is 2.99. The molecule has 0 unspecified atom stereocenters. The number of methoxy groups -OCH3 is 2. The summed E-state index contributed by atoms with van der Waals surface area (Å²) in [6.45, 7) is 2.50. The Morgan fingerprint density at radius 3 is 2.57 bits per heavy atom. The molecule has 146 valence electrons. The number of nitrogens with zero attached hydrogens (tertiary/aromatic N) is 1. The molecule has 1 amide bonds. The van der Waals surface area contributed by atoms with Crippen LogP contribution in [0.15, 0.2) is 53.3 Å². The van der Waals surface area contributed by atoms with Crippen molar-refractivity contribution < 1.29 is 18.7 Å². The average molecular weight is 380 g/mol. The minimum absolute atomic E-state index is 0.244. The van der Waals surface area contributed by atoms with E-state index in [-0.39, 0.29) is 11.6 Å². The molecule has 1 N–H and O–H groups in total. The fourth-order valence-electron chi connectivity index (χ4n) is 3.00. The molecule has 0 saturated carbocycles. The first kappa shape index (κ1) is 19.5. The number of nitrogens with one attached hydrogen (secondary N) is 1. The Balaban J connectivity index is 1.58. The first-order valence-electron chi connectivity index (χ1n) is 9.12. The predicted molar refractivity (Wildman–Crippen MR) is 107 cm³/mol. The van der Waals surface area contributed by atoms with Crippen molar-refractivity contribution in [2.75, 3.05) is 20.8 Å². The minimum atomic E-state index is -0.244. The van der Waals surface area contributed by atoms with E-state index in [1.54, 1.807) is 14.2 Å². The number of aryl methyl sites for hydroxylation is 2. The van der Waals surface area contributed by atoms with E-state index < -0.39 is 0 Å². The van der Waals surface area contributed by atoms with Gasteiger partial charge in [-0.3, -0.25) is 4.79 Å². The fraction of sp³-hybridized carbons (Fsp3) is 0.273. The molecule has 0 aliphatic heterocycles. The molecule has 0 fully saturated rings. The lowest BCUT2D eigenvalue weighted by Gasteiger charge is -2.08. The molecule has 3 aromatic rings. The van der Waals surface area contributed by atoms with Gasteiger partial charge in [-0.15, -0.1) is 0 Å². The van der Waals surface area contributed by atoms with Crippen molar-refractivity contribution in [3.8, 4) is 22.8 Å². The van der Waals surface area contributed by atoms with Gasteiger partial charge < -0.3 is 19.2 Å². The first-order chi connectivity index (χ1) is 13.6. The number of hydrogen-bond acceptors (Lipinski definition) is 5. The van der Waals surface area contributed by atoms with Gasteiger partial charge in [0.25, 0.3) is 5.91 Å². The van der Waals surface area contributed by atoms with E-state index in [4.69, 9.17) is 13.9 Å². The molecule has 0 spiro atoms. The van der Waals surface area contributed by atoms with Gasteiger partial charge in [-0.25, -0.2) is 4.98 Å². The molecule has 1 heterocycles. The van der Waals surface area contributed by atoms with Crippen LogP contribution in [0.2, 0.25) is 0 Å². The Bertz CT molecular complexity index is 932. The Labute approximate surface area is 164 Å². The van der Waals surface area contributed by atoms with E-state index in [0.717, 1.165) is 35.5 Å². The van der Waals surface area contributed by atoms with Gasteiger partial charge in [0.2, 0.25) is 0 Å². The summed E-state index contributed by atoms with van der Waals surface area (Å²) in [4.78, 5) is 16.6. The maximum atomic E-state index is 12.5. The second-order valence-corrected chi connectivity index (χ2v) is 6.42. The summed E-state index contributed by atoms with van der Waals surface area (Å²) in [5.74, 6) is 1.84. The zero-order valence-corrected chi connectivity index (χ0v) is 16.3. The van der Waals surface area contributed by atoms with Gasteiger partial charge in [-0.1, -0.05) is 12.1 Å². The quantitative estimate of drug-likeness (QED) is 0.597. The molecular formula is C22H24N2O4. The van der Waals surface area contributed by atoms with Gasteiger partial charge in [-0.2, -0.15) is 0 Å². The average Bonchev–Trinajstić information content (AvgIpc) is 3.21. The van der Waals surface area contributed by atoms with Gasteiger partial charge in [0, 0.05) is 12.1 Å². The number of amides is 1. The number of ether oxygens (including phenoxy) is 2. The van der Waals surface area contributed by atoms with Crippen molar-refractivity contribution >= 4 is 5.91 Å². The highest BCUT2D eigenvalue weighted by atomic mass is 16.5. The van der Waals surface area contributed by atoms with Crippen LogP contribution in [0.4, 0.5) is 0 Å². The van der Waals surface area contributed by atoms with Gasteiger partial charge in [0.1, 0.15) is 11.5 Å². The third-order valence-corrected chi connectivity index (χ3v) is 4.53. The van der Waals surface area contributed by atoms with Crippen molar-refractivity contribution in [1.82, 2.24) is 10.3 Å². The van der Waals surface area contributed by atoms with Crippen LogP contribution in [-0.4, -0.2) is 31.7 Å². The van der Waals surface area contributed by atoms with Crippen molar-refractivity contribution in [2.45, 2.75) is 19.8 Å². The van der Waals surface area contributed by atoms with Crippen LogP contribution in [0.1, 0.15) is 28.0 Å². The molecule has 0 aliphatic rings. The van der Waals surface area contributed by atoms with Gasteiger partial charge >= 0.3 is 0 Å². The molecule has 0 radical (unpaired) electrons. The number of benzene rings is 2. The van der Waals surface area contributed by atoms with Crippen molar-refractivity contribution in [3.05, 3.63) is 65.7 Å². The smallest absolute Gasteiger partial charge is 0.273 e. The summed E-state index contributed by atoms with van der Waals surface area (Å²) in [7, 11) is 3.28. The monoisotopic (exact) mass is 380 g/mol. The normalized spacial score (nSPS) is 10.5. The molecule has 0 bridgehead atoms. The Kier molecular flexibility index (Phi) is 6.32. The topological polar surface area (TPSA) is 73.6 Å². The van der Waals surface area contributed by atoms with E-state index in [0.29, 0.717) is 12.3 Å². The van der Waals surface area contributed by atoms with Gasteiger partial charge in [-0.05, 0) is 61.2 Å². The first-order valence-corrected chi connectivity index (χ1v) is 9.12. The molecule has 0 aliphatic carbocycles. The summed E-state index contributed by atoms with van der Waals surface area (Å²) in [5, 5.41) is 2.91. The van der Waals surface area contributed by atoms with Crippen LogP contribution in [0.5, 0.6) is 11.5 Å². The molecule has 2 aromatic carbocycles. The predicted octanol–water partition coefficient (Wildman–Crippen LogP) is 4.03. The molecule has 3 rings (SSSR count). The van der Waals surface area contributed by atoms with Crippen LogP contribution in [0.25, 0.3) is 11.3 Å². The van der Waals surface area contributed by atoms with Crippen LogP contribution in [0.3, 0.4) is 0 Å². The lowest BCUT2D eigenvalue weighted by molar-refractivity contribution is 0.0949. The number of rotatable bonds is 8. The Morgan fingerprint density at radius 2 is 1.89 bits per heavy atom. The highest BCUT2D eigenvalue weighted by Gasteiger charge is 2.18. The second kappa shape index (κ2) is 9.08. The highest BCUT2D eigenvalue weighted by molar-refractivity contribution is 5.97. The van der Waals surface area contributed by atoms with Crippen molar-refractivity contribution in [2.24, 2.45) is 0 Å². The second-order valence-electron chi connectivity index (χ2n) is 6.42. The fourth-order valence-corrected chi connectivity index (χ4v) is 3.00. The van der Waals surface area contributed by atoms with Crippen LogP contribution in [-0.2, 0) is 6.42 Å². The van der Waals surface area contributed by atoms with Crippen molar-refractivity contribution in [1.29, 1.82) is 0 Å². The van der Waals surface area contributed by atoms with Crippen LogP contribution >= 0.6 is 0 Å². The number of hydrogen-bond donors (Lipinski definition) is 1. The van der Waals surface area contributed by atoms with Gasteiger partial charge in [0.15, 0.2) is 17.8 Å². The van der Waals surface area contributed by atoms with Crippen LogP contribution < -0.4 is 14.8 Å². The highest BCUT2D eigenvalue weighted by Crippen LogP contribution is 2.28. The van der Waals surface area contributed by atoms with Gasteiger partial charge in [0.05, 0.1) is 14.2 Å².